The second-order valence-corrected chi connectivity index (χ2v) is 4.49. The molecule has 0 N–H and O–H groups in total. The SMILES string of the molecule is CN(C(=O)OCc1ccccc1)c1ccc(C(F)F)cc1. The Balaban J connectivity index is 1.95. The molecule has 0 aliphatic carbocycles. The molecule has 0 saturated carbocycles. The first-order valence-corrected chi connectivity index (χ1v) is 6.40. The quantitative estimate of drug-likeness (QED) is 0.835. The molecule has 0 spiro atoms. The van der Waals surface area contributed by atoms with Crippen LogP contribution in [0.15, 0.2) is 54.6 Å². The van der Waals surface area contributed by atoms with Gasteiger partial charge in [-0.3, -0.25) is 4.90 Å². The first kappa shape index (κ1) is 15.0. The van der Waals surface area contributed by atoms with Crippen LogP contribution < -0.4 is 4.90 Å². The van der Waals surface area contributed by atoms with Crippen molar-refractivity contribution >= 4 is 11.8 Å². The van der Waals surface area contributed by atoms with E-state index in [0.717, 1.165) is 5.56 Å². The lowest BCUT2D eigenvalue weighted by Crippen LogP contribution is -2.26. The Hall–Kier alpha value is -2.43. The fourth-order valence-corrected chi connectivity index (χ4v) is 1.76. The summed E-state index contributed by atoms with van der Waals surface area (Å²) in [6, 6.07) is 14.8. The van der Waals surface area contributed by atoms with E-state index in [0.29, 0.717) is 5.69 Å². The molecule has 0 heterocycles. The summed E-state index contributed by atoms with van der Waals surface area (Å²) in [6.45, 7) is 0.166. The van der Waals surface area contributed by atoms with Gasteiger partial charge >= 0.3 is 6.09 Å². The second kappa shape index (κ2) is 6.83. The predicted molar refractivity (Wildman–Crippen MR) is 76.4 cm³/mol. The summed E-state index contributed by atoms with van der Waals surface area (Å²) < 4.78 is 30.1. The van der Waals surface area contributed by atoms with Gasteiger partial charge in [0.2, 0.25) is 0 Å². The predicted octanol–water partition coefficient (Wildman–Crippen LogP) is 4.40. The minimum absolute atomic E-state index is 0.0789. The molecule has 0 radical (unpaired) electrons. The molecule has 2 aromatic rings. The van der Waals surface area contributed by atoms with Crippen molar-refractivity contribution in [3.05, 3.63) is 65.7 Å². The number of hydrogen-bond acceptors (Lipinski definition) is 2. The Morgan fingerprint density at radius 3 is 2.29 bits per heavy atom. The van der Waals surface area contributed by atoms with Crippen LogP contribution in [0, 0.1) is 0 Å². The minimum atomic E-state index is -2.52. The fraction of sp³-hybridized carbons (Fsp3) is 0.188. The highest BCUT2D eigenvalue weighted by atomic mass is 19.3. The lowest BCUT2D eigenvalue weighted by atomic mass is 10.2. The van der Waals surface area contributed by atoms with Gasteiger partial charge in [-0.25, -0.2) is 13.6 Å². The molecule has 2 aromatic carbocycles. The largest absolute Gasteiger partial charge is 0.444 e. The van der Waals surface area contributed by atoms with Crippen molar-refractivity contribution in [2.24, 2.45) is 0 Å². The van der Waals surface area contributed by atoms with Crippen molar-refractivity contribution in [2.45, 2.75) is 13.0 Å². The van der Waals surface area contributed by atoms with Gasteiger partial charge in [0.25, 0.3) is 6.43 Å². The van der Waals surface area contributed by atoms with Gasteiger partial charge in [0.1, 0.15) is 6.61 Å². The van der Waals surface area contributed by atoms with E-state index in [-0.39, 0.29) is 12.2 Å². The number of halogens is 2. The van der Waals surface area contributed by atoms with Crippen molar-refractivity contribution in [1.82, 2.24) is 0 Å². The molecular formula is C16H15F2NO2. The Morgan fingerprint density at radius 1 is 1.10 bits per heavy atom. The fourth-order valence-electron chi connectivity index (χ4n) is 1.76. The van der Waals surface area contributed by atoms with Crippen LogP contribution in [0.25, 0.3) is 0 Å². The summed E-state index contributed by atoms with van der Waals surface area (Å²) in [5.74, 6) is 0. The molecule has 0 aliphatic heterocycles. The molecule has 0 atom stereocenters. The molecule has 2 rings (SSSR count). The highest BCUT2D eigenvalue weighted by Gasteiger charge is 2.13. The van der Waals surface area contributed by atoms with Crippen molar-refractivity contribution in [2.75, 3.05) is 11.9 Å². The Kier molecular flexibility index (Phi) is 4.87. The normalized spacial score (nSPS) is 10.5. The van der Waals surface area contributed by atoms with E-state index < -0.39 is 12.5 Å². The van der Waals surface area contributed by atoms with Crippen molar-refractivity contribution < 1.29 is 18.3 Å². The standard InChI is InChI=1S/C16H15F2NO2/c1-19(14-9-7-13(8-10-14)15(17)18)16(20)21-11-12-5-3-2-4-6-12/h2-10,15H,11H2,1H3. The summed E-state index contributed by atoms with van der Waals surface area (Å²) in [6.07, 6.45) is -3.06. The maximum Gasteiger partial charge on any atom is 0.414 e. The van der Waals surface area contributed by atoms with Gasteiger partial charge in [-0.15, -0.1) is 0 Å². The van der Waals surface area contributed by atoms with E-state index in [9.17, 15) is 13.6 Å². The number of amides is 1. The van der Waals surface area contributed by atoms with Gasteiger partial charge in [0, 0.05) is 18.3 Å². The van der Waals surface area contributed by atoms with Gasteiger partial charge < -0.3 is 4.74 Å². The van der Waals surface area contributed by atoms with Crippen LogP contribution in [0.3, 0.4) is 0 Å². The minimum Gasteiger partial charge on any atom is -0.444 e. The highest BCUT2D eigenvalue weighted by Crippen LogP contribution is 2.22. The van der Waals surface area contributed by atoms with Crippen molar-refractivity contribution in [3.63, 3.8) is 0 Å². The third-order valence-electron chi connectivity index (χ3n) is 3.01. The van der Waals surface area contributed by atoms with E-state index in [1.165, 1.54) is 36.2 Å². The summed E-state index contributed by atoms with van der Waals surface area (Å²) >= 11 is 0. The lowest BCUT2D eigenvalue weighted by Gasteiger charge is -2.17. The molecular weight excluding hydrogens is 276 g/mol. The summed E-state index contributed by atoms with van der Waals surface area (Å²) in [4.78, 5) is 13.2. The zero-order chi connectivity index (χ0) is 15.2. The van der Waals surface area contributed by atoms with Crippen LogP contribution in [0.4, 0.5) is 19.3 Å². The van der Waals surface area contributed by atoms with Crippen LogP contribution in [-0.4, -0.2) is 13.1 Å². The molecule has 110 valence electrons. The average molecular weight is 291 g/mol. The van der Waals surface area contributed by atoms with E-state index >= 15 is 0 Å². The number of hydrogen-bond donors (Lipinski definition) is 0. The summed E-state index contributed by atoms with van der Waals surface area (Å²) in [5, 5.41) is 0. The number of ether oxygens (including phenoxy) is 1. The number of anilines is 1. The Morgan fingerprint density at radius 2 is 1.71 bits per heavy atom. The summed E-state index contributed by atoms with van der Waals surface area (Å²) in [5.41, 5.74) is 1.30. The Bertz CT molecular complexity index is 585. The first-order chi connectivity index (χ1) is 10.1. The van der Waals surface area contributed by atoms with Crippen LogP contribution >= 0.6 is 0 Å². The number of carbonyl (C=O) groups is 1. The van der Waals surface area contributed by atoms with E-state index in [4.69, 9.17) is 4.74 Å². The van der Waals surface area contributed by atoms with E-state index in [1.807, 2.05) is 30.3 Å². The van der Waals surface area contributed by atoms with Crippen molar-refractivity contribution in [1.29, 1.82) is 0 Å². The lowest BCUT2D eigenvalue weighted by molar-refractivity contribution is 0.148. The van der Waals surface area contributed by atoms with E-state index in [2.05, 4.69) is 0 Å². The third-order valence-corrected chi connectivity index (χ3v) is 3.01. The van der Waals surface area contributed by atoms with Gasteiger partial charge in [-0.05, 0) is 17.7 Å². The van der Waals surface area contributed by atoms with Gasteiger partial charge in [0.05, 0.1) is 0 Å². The third kappa shape index (κ3) is 4.02. The highest BCUT2D eigenvalue weighted by molar-refractivity contribution is 5.86. The number of carbonyl (C=O) groups excluding carboxylic acids is 1. The molecule has 3 nitrogen and oxygen atoms in total. The zero-order valence-corrected chi connectivity index (χ0v) is 11.5. The molecule has 1 amide bonds. The zero-order valence-electron chi connectivity index (χ0n) is 11.5. The van der Waals surface area contributed by atoms with Gasteiger partial charge in [-0.2, -0.15) is 0 Å². The smallest absolute Gasteiger partial charge is 0.414 e. The van der Waals surface area contributed by atoms with Crippen LogP contribution in [-0.2, 0) is 11.3 Å². The molecule has 0 bridgehead atoms. The molecule has 0 fully saturated rings. The molecule has 21 heavy (non-hydrogen) atoms. The molecule has 0 saturated heterocycles. The topological polar surface area (TPSA) is 29.5 Å². The van der Waals surface area contributed by atoms with Gasteiger partial charge in [-0.1, -0.05) is 42.5 Å². The Labute approximate surface area is 121 Å². The number of benzene rings is 2. The first-order valence-electron chi connectivity index (χ1n) is 6.40. The number of alkyl halides is 2. The number of rotatable bonds is 4. The summed E-state index contributed by atoms with van der Waals surface area (Å²) in [7, 11) is 1.53. The van der Waals surface area contributed by atoms with Crippen molar-refractivity contribution in [3.8, 4) is 0 Å². The molecule has 0 unspecified atom stereocenters. The molecule has 0 aromatic heterocycles. The maximum atomic E-state index is 12.5. The molecule has 0 aliphatic rings. The monoisotopic (exact) mass is 291 g/mol. The van der Waals surface area contributed by atoms with Crippen LogP contribution in [0.2, 0.25) is 0 Å². The molecule has 5 heteroatoms. The van der Waals surface area contributed by atoms with Crippen LogP contribution in [0.1, 0.15) is 17.6 Å². The maximum absolute atomic E-state index is 12.5. The number of nitrogens with zero attached hydrogens (tertiary/aromatic N) is 1. The van der Waals surface area contributed by atoms with Gasteiger partial charge in [0.15, 0.2) is 0 Å². The second-order valence-electron chi connectivity index (χ2n) is 4.49. The van der Waals surface area contributed by atoms with E-state index in [1.54, 1.807) is 0 Å². The van der Waals surface area contributed by atoms with Crippen LogP contribution in [0.5, 0.6) is 0 Å². The average Bonchev–Trinajstić information content (AvgIpc) is 2.53.